The fourth-order valence-corrected chi connectivity index (χ4v) is 4.49. The van der Waals surface area contributed by atoms with Gasteiger partial charge in [0, 0.05) is 43.5 Å². The molecule has 2 atom stereocenters. The van der Waals surface area contributed by atoms with Crippen molar-refractivity contribution in [3.05, 3.63) is 47.0 Å². The molecule has 1 fully saturated rings. The molecule has 1 saturated heterocycles. The molecular formula is C17H22ClFN4O3S. The maximum Gasteiger partial charge on any atom is 0.243 e. The molecule has 27 heavy (non-hydrogen) atoms. The zero-order valence-electron chi connectivity index (χ0n) is 15.1. The minimum absolute atomic E-state index is 0.0232. The summed E-state index contributed by atoms with van der Waals surface area (Å²) >= 11 is 6.26. The molecule has 0 saturated carbocycles. The summed E-state index contributed by atoms with van der Waals surface area (Å²) in [6.45, 7) is 3.48. The Bertz CT molecular complexity index is 885. The van der Waals surface area contributed by atoms with Crippen LogP contribution < -0.4 is 4.72 Å². The molecule has 2 heterocycles. The molecule has 1 N–H and O–H groups in total. The Labute approximate surface area is 163 Å². The van der Waals surface area contributed by atoms with Crippen LogP contribution in [0.5, 0.6) is 0 Å². The van der Waals surface area contributed by atoms with Gasteiger partial charge in [-0.05, 0) is 19.1 Å². The van der Waals surface area contributed by atoms with Crippen LogP contribution in [0, 0.1) is 5.82 Å². The molecule has 10 heteroatoms. The average molecular weight is 417 g/mol. The second kappa shape index (κ2) is 8.24. The highest BCUT2D eigenvalue weighted by Crippen LogP contribution is 2.31. The fourth-order valence-electron chi connectivity index (χ4n) is 3.18. The lowest BCUT2D eigenvalue weighted by Gasteiger charge is -2.38. The third kappa shape index (κ3) is 4.67. The fraction of sp³-hybridized carbons (Fsp3) is 0.471. The topological polar surface area (TPSA) is 76.5 Å². The number of nitrogens with zero attached hydrogens (tertiary/aromatic N) is 3. The molecule has 0 spiro atoms. The normalized spacial score (nSPS) is 19.9. The molecule has 0 aliphatic carbocycles. The van der Waals surface area contributed by atoms with Crippen LogP contribution in [0.1, 0.15) is 18.5 Å². The van der Waals surface area contributed by atoms with E-state index < -0.39 is 21.9 Å². The summed E-state index contributed by atoms with van der Waals surface area (Å²) in [5.41, 5.74) is 0.280. The molecular weight excluding hydrogens is 395 g/mol. The molecule has 7 nitrogen and oxygen atoms in total. The van der Waals surface area contributed by atoms with Gasteiger partial charge in [-0.2, -0.15) is 5.10 Å². The smallest absolute Gasteiger partial charge is 0.243 e. The third-order valence-electron chi connectivity index (χ3n) is 4.50. The van der Waals surface area contributed by atoms with Crippen molar-refractivity contribution in [3.8, 4) is 0 Å². The van der Waals surface area contributed by atoms with Crippen LogP contribution in [-0.4, -0.2) is 55.4 Å². The second-order valence-corrected chi connectivity index (χ2v) is 8.70. The van der Waals surface area contributed by atoms with E-state index in [-0.39, 0.29) is 28.1 Å². The number of hydrogen-bond acceptors (Lipinski definition) is 5. The number of halogens is 2. The highest BCUT2D eigenvalue weighted by Gasteiger charge is 2.30. The first-order valence-electron chi connectivity index (χ1n) is 8.56. The molecule has 1 aliphatic rings. The van der Waals surface area contributed by atoms with Crippen molar-refractivity contribution < 1.29 is 17.5 Å². The standard InChI is InChI=1S/C17H22ClFN4O3S/c1-12-10-23(6-7-26-12)16(17-14(18)4-3-5-15(17)19)9-21-27(24,25)13-8-20-22(2)11-13/h3-5,8,11-12,16,21H,6-7,9-10H2,1-2H3. The van der Waals surface area contributed by atoms with Gasteiger partial charge in [0.15, 0.2) is 0 Å². The molecule has 1 aliphatic heterocycles. The van der Waals surface area contributed by atoms with Crippen LogP contribution in [0.25, 0.3) is 0 Å². The van der Waals surface area contributed by atoms with Crippen molar-refractivity contribution in [1.29, 1.82) is 0 Å². The van der Waals surface area contributed by atoms with Crippen LogP contribution in [0.4, 0.5) is 4.39 Å². The highest BCUT2D eigenvalue weighted by atomic mass is 35.5. The molecule has 0 radical (unpaired) electrons. The molecule has 0 amide bonds. The van der Waals surface area contributed by atoms with Gasteiger partial charge in [-0.1, -0.05) is 17.7 Å². The van der Waals surface area contributed by atoms with Crippen molar-refractivity contribution in [3.63, 3.8) is 0 Å². The molecule has 3 rings (SSSR count). The summed E-state index contributed by atoms with van der Waals surface area (Å²) in [6, 6.07) is 3.90. The first kappa shape index (κ1) is 20.2. The van der Waals surface area contributed by atoms with Gasteiger partial charge in [-0.3, -0.25) is 9.58 Å². The number of rotatable bonds is 6. The minimum Gasteiger partial charge on any atom is -0.376 e. The van der Waals surface area contributed by atoms with Gasteiger partial charge in [0.25, 0.3) is 0 Å². The van der Waals surface area contributed by atoms with E-state index in [4.69, 9.17) is 16.3 Å². The van der Waals surface area contributed by atoms with Gasteiger partial charge in [-0.15, -0.1) is 0 Å². The first-order chi connectivity index (χ1) is 12.8. The minimum atomic E-state index is -3.78. The van der Waals surface area contributed by atoms with Crippen molar-refractivity contribution in [1.82, 2.24) is 19.4 Å². The molecule has 148 valence electrons. The Morgan fingerprint density at radius 2 is 2.26 bits per heavy atom. The highest BCUT2D eigenvalue weighted by molar-refractivity contribution is 7.89. The van der Waals surface area contributed by atoms with E-state index in [0.29, 0.717) is 19.7 Å². The molecule has 2 unspecified atom stereocenters. The molecule has 0 bridgehead atoms. The van der Waals surface area contributed by atoms with Gasteiger partial charge < -0.3 is 4.74 Å². The number of nitrogens with one attached hydrogen (secondary N) is 1. The zero-order valence-corrected chi connectivity index (χ0v) is 16.7. The first-order valence-corrected chi connectivity index (χ1v) is 10.4. The van der Waals surface area contributed by atoms with E-state index in [0.717, 1.165) is 0 Å². The van der Waals surface area contributed by atoms with Crippen molar-refractivity contribution in [2.45, 2.75) is 24.0 Å². The predicted molar refractivity (Wildman–Crippen MR) is 99.5 cm³/mol. The van der Waals surface area contributed by atoms with E-state index in [2.05, 4.69) is 9.82 Å². The number of ether oxygens (including phenoxy) is 1. The van der Waals surface area contributed by atoms with E-state index in [1.807, 2.05) is 11.8 Å². The monoisotopic (exact) mass is 416 g/mol. The number of benzene rings is 1. The Morgan fingerprint density at radius 3 is 2.89 bits per heavy atom. The second-order valence-electron chi connectivity index (χ2n) is 6.53. The van der Waals surface area contributed by atoms with Gasteiger partial charge in [0.2, 0.25) is 10.0 Å². The number of morpholine rings is 1. The average Bonchev–Trinajstić information content (AvgIpc) is 3.05. The Kier molecular flexibility index (Phi) is 6.17. The number of sulfonamides is 1. The van der Waals surface area contributed by atoms with E-state index >= 15 is 0 Å². The van der Waals surface area contributed by atoms with Crippen LogP contribution in [0.2, 0.25) is 5.02 Å². The van der Waals surface area contributed by atoms with Crippen molar-refractivity contribution in [2.75, 3.05) is 26.2 Å². The lowest BCUT2D eigenvalue weighted by atomic mass is 10.0. The number of aromatic nitrogens is 2. The Morgan fingerprint density at radius 1 is 1.48 bits per heavy atom. The summed E-state index contributed by atoms with van der Waals surface area (Å²) in [5, 5.41) is 4.15. The van der Waals surface area contributed by atoms with E-state index in [1.165, 1.54) is 29.2 Å². The van der Waals surface area contributed by atoms with Gasteiger partial charge in [-0.25, -0.2) is 17.5 Å². The quantitative estimate of drug-likeness (QED) is 0.778. The number of aryl methyl sites for hydroxylation is 1. The number of hydrogen-bond donors (Lipinski definition) is 1. The third-order valence-corrected chi connectivity index (χ3v) is 6.21. The maximum atomic E-state index is 14.6. The summed E-state index contributed by atoms with van der Waals surface area (Å²) in [5.74, 6) is -0.466. The van der Waals surface area contributed by atoms with Crippen molar-refractivity contribution in [2.24, 2.45) is 7.05 Å². The summed E-state index contributed by atoms with van der Waals surface area (Å²) in [7, 11) is -2.14. The lowest BCUT2D eigenvalue weighted by molar-refractivity contribution is -0.0342. The van der Waals surface area contributed by atoms with Crippen LogP contribution >= 0.6 is 11.6 Å². The molecule has 1 aromatic carbocycles. The Balaban J connectivity index is 1.88. The Hall–Kier alpha value is -1.52. The van der Waals surface area contributed by atoms with E-state index in [1.54, 1.807) is 13.1 Å². The van der Waals surface area contributed by atoms with E-state index in [9.17, 15) is 12.8 Å². The zero-order chi connectivity index (χ0) is 19.6. The van der Waals surface area contributed by atoms with Crippen LogP contribution in [-0.2, 0) is 21.8 Å². The summed E-state index contributed by atoms with van der Waals surface area (Å²) in [4.78, 5) is 2.04. The van der Waals surface area contributed by atoms with Crippen molar-refractivity contribution >= 4 is 21.6 Å². The van der Waals surface area contributed by atoms with Gasteiger partial charge in [0.1, 0.15) is 10.7 Å². The van der Waals surface area contributed by atoms with Crippen LogP contribution in [0.15, 0.2) is 35.5 Å². The summed E-state index contributed by atoms with van der Waals surface area (Å²) in [6.07, 6.45) is 2.63. The maximum absolute atomic E-state index is 14.6. The summed E-state index contributed by atoms with van der Waals surface area (Å²) < 4.78 is 49.2. The SMILES string of the molecule is CC1CN(C(CNS(=O)(=O)c2cnn(C)c2)c2c(F)cccc2Cl)CCO1. The largest absolute Gasteiger partial charge is 0.376 e. The molecule has 2 aromatic rings. The molecule has 1 aromatic heterocycles. The lowest BCUT2D eigenvalue weighted by Crippen LogP contribution is -2.46. The van der Waals surface area contributed by atoms with Gasteiger partial charge >= 0.3 is 0 Å². The van der Waals surface area contributed by atoms with Gasteiger partial charge in [0.05, 0.1) is 24.9 Å². The predicted octanol–water partition coefficient (Wildman–Crippen LogP) is 1.95. The van der Waals surface area contributed by atoms with Crippen LogP contribution in [0.3, 0.4) is 0 Å².